The Kier molecular flexibility index (Phi) is 6.26. The molecule has 0 unspecified atom stereocenters. The number of hydrogen-bond acceptors (Lipinski definition) is 7. The van der Waals surface area contributed by atoms with Crippen molar-refractivity contribution in [2.24, 2.45) is 0 Å². The minimum atomic E-state index is -0.285. The number of carbonyl (C=O) groups excluding carboxylic acids is 2. The van der Waals surface area contributed by atoms with Crippen molar-refractivity contribution in [2.45, 2.75) is 45.8 Å². The van der Waals surface area contributed by atoms with Gasteiger partial charge in [0.15, 0.2) is 5.82 Å². The molecule has 0 bridgehead atoms. The summed E-state index contributed by atoms with van der Waals surface area (Å²) < 4.78 is 7.42. The van der Waals surface area contributed by atoms with Crippen LogP contribution in [0.1, 0.15) is 56.7 Å². The average Bonchev–Trinajstić information content (AvgIpc) is 3.41. The van der Waals surface area contributed by atoms with E-state index in [9.17, 15) is 9.59 Å². The zero-order chi connectivity index (χ0) is 21.8. The number of nitrogens with one attached hydrogen (secondary N) is 2. The number of aromatic nitrogens is 4. The smallest absolute Gasteiger partial charge is 0.256 e. The summed E-state index contributed by atoms with van der Waals surface area (Å²) in [5, 5.41) is 17.7. The average molecular weight is 441 g/mol. The zero-order valence-electron chi connectivity index (χ0n) is 17.5. The van der Waals surface area contributed by atoms with Crippen LogP contribution in [0.5, 0.6) is 5.75 Å². The third kappa shape index (κ3) is 4.43. The summed E-state index contributed by atoms with van der Waals surface area (Å²) in [7, 11) is 1.61. The van der Waals surface area contributed by atoms with E-state index < -0.39 is 0 Å². The summed E-state index contributed by atoms with van der Waals surface area (Å²) in [5.41, 5.74) is 2.10. The lowest BCUT2D eigenvalue weighted by Gasteiger charge is -2.12. The SMILES string of the molecule is CCn1nnnc1COc1cccc(C(=O)Nc2sc3c(c2C(=O)NC)CCCC3)c1. The van der Waals surface area contributed by atoms with Crippen molar-refractivity contribution in [3.05, 3.63) is 51.7 Å². The number of anilines is 1. The number of carbonyl (C=O) groups is 2. The van der Waals surface area contributed by atoms with E-state index in [1.54, 1.807) is 36.0 Å². The lowest BCUT2D eigenvalue weighted by molar-refractivity contribution is 0.0963. The maximum Gasteiger partial charge on any atom is 0.256 e. The highest BCUT2D eigenvalue weighted by atomic mass is 32.1. The molecule has 0 spiro atoms. The molecule has 1 aliphatic rings. The number of tetrazole rings is 1. The number of rotatable bonds is 7. The molecular weight excluding hydrogens is 416 g/mol. The van der Waals surface area contributed by atoms with E-state index >= 15 is 0 Å². The van der Waals surface area contributed by atoms with Gasteiger partial charge in [0, 0.05) is 24.0 Å². The van der Waals surface area contributed by atoms with Crippen molar-refractivity contribution >= 4 is 28.2 Å². The Morgan fingerprint density at radius 2 is 2.06 bits per heavy atom. The number of thiophene rings is 1. The fourth-order valence-corrected chi connectivity index (χ4v) is 4.92. The molecule has 31 heavy (non-hydrogen) atoms. The lowest BCUT2D eigenvalue weighted by atomic mass is 9.95. The van der Waals surface area contributed by atoms with E-state index in [2.05, 4.69) is 26.2 Å². The third-order valence-corrected chi connectivity index (χ3v) is 6.43. The number of amides is 2. The van der Waals surface area contributed by atoms with Gasteiger partial charge in [-0.1, -0.05) is 6.07 Å². The number of hydrogen-bond donors (Lipinski definition) is 2. The minimum absolute atomic E-state index is 0.166. The van der Waals surface area contributed by atoms with Crippen LogP contribution in [0, 0.1) is 0 Å². The van der Waals surface area contributed by atoms with E-state index in [1.807, 2.05) is 6.92 Å². The maximum atomic E-state index is 12.9. The summed E-state index contributed by atoms with van der Waals surface area (Å²) >= 11 is 1.50. The van der Waals surface area contributed by atoms with Gasteiger partial charge < -0.3 is 15.4 Å². The molecule has 9 nitrogen and oxygen atoms in total. The number of ether oxygens (including phenoxy) is 1. The van der Waals surface area contributed by atoms with Gasteiger partial charge in [0.25, 0.3) is 11.8 Å². The van der Waals surface area contributed by atoms with Crippen LogP contribution in [-0.4, -0.2) is 39.1 Å². The molecular formula is C21H24N6O3S. The summed E-state index contributed by atoms with van der Waals surface area (Å²) in [6.45, 7) is 2.79. The second-order valence-corrected chi connectivity index (χ2v) is 8.28. The Balaban J connectivity index is 1.51. The van der Waals surface area contributed by atoms with Crippen molar-refractivity contribution < 1.29 is 14.3 Å². The van der Waals surface area contributed by atoms with Crippen LogP contribution in [0.25, 0.3) is 0 Å². The summed E-state index contributed by atoms with van der Waals surface area (Å²) in [6.07, 6.45) is 3.97. The van der Waals surface area contributed by atoms with Crippen LogP contribution in [0.2, 0.25) is 0 Å². The van der Waals surface area contributed by atoms with E-state index in [0.717, 1.165) is 31.2 Å². The molecule has 2 heterocycles. The zero-order valence-corrected chi connectivity index (χ0v) is 18.3. The lowest BCUT2D eigenvalue weighted by Crippen LogP contribution is -2.22. The van der Waals surface area contributed by atoms with Gasteiger partial charge in [0.1, 0.15) is 17.4 Å². The number of fused-ring (bicyclic) bond motifs is 1. The second kappa shape index (κ2) is 9.25. The molecule has 0 saturated heterocycles. The normalized spacial score (nSPS) is 12.8. The van der Waals surface area contributed by atoms with E-state index in [0.29, 0.717) is 34.2 Å². The summed E-state index contributed by atoms with van der Waals surface area (Å²) in [5.74, 6) is 0.695. The fourth-order valence-electron chi connectivity index (χ4n) is 3.64. The molecule has 0 atom stereocenters. The van der Waals surface area contributed by atoms with Crippen LogP contribution in [0.4, 0.5) is 5.00 Å². The second-order valence-electron chi connectivity index (χ2n) is 7.18. The van der Waals surface area contributed by atoms with Gasteiger partial charge in [-0.2, -0.15) is 0 Å². The fraction of sp³-hybridized carbons (Fsp3) is 0.381. The molecule has 0 aliphatic heterocycles. The molecule has 1 aromatic carbocycles. The largest absolute Gasteiger partial charge is 0.486 e. The molecule has 2 aromatic heterocycles. The van der Waals surface area contributed by atoms with E-state index in [-0.39, 0.29) is 18.4 Å². The van der Waals surface area contributed by atoms with Gasteiger partial charge in [0.05, 0.1) is 5.56 Å². The van der Waals surface area contributed by atoms with Gasteiger partial charge in [0.2, 0.25) is 0 Å². The van der Waals surface area contributed by atoms with Crippen molar-refractivity contribution in [3.63, 3.8) is 0 Å². The molecule has 1 aliphatic carbocycles. The first-order valence-corrected chi connectivity index (χ1v) is 11.1. The Morgan fingerprint density at radius 3 is 2.87 bits per heavy atom. The summed E-state index contributed by atoms with van der Waals surface area (Å²) in [6, 6.07) is 6.91. The van der Waals surface area contributed by atoms with Gasteiger partial charge in [-0.3, -0.25) is 9.59 Å². The standard InChI is InChI=1S/C21H24N6O3S/c1-3-27-17(24-25-26-27)12-30-14-8-6-7-13(11-14)19(28)23-21-18(20(29)22-2)15-9-4-5-10-16(15)31-21/h6-8,11H,3-5,9-10,12H2,1-2H3,(H,22,29)(H,23,28). The van der Waals surface area contributed by atoms with Gasteiger partial charge in [-0.15, -0.1) is 16.4 Å². The quantitative estimate of drug-likeness (QED) is 0.584. The van der Waals surface area contributed by atoms with Gasteiger partial charge >= 0.3 is 0 Å². The number of nitrogens with zero attached hydrogens (tertiary/aromatic N) is 4. The number of aryl methyl sites for hydroxylation is 2. The predicted molar refractivity (Wildman–Crippen MR) is 117 cm³/mol. The van der Waals surface area contributed by atoms with Crippen molar-refractivity contribution in [3.8, 4) is 5.75 Å². The van der Waals surface area contributed by atoms with Gasteiger partial charge in [-0.25, -0.2) is 4.68 Å². The summed E-state index contributed by atoms with van der Waals surface area (Å²) in [4.78, 5) is 26.6. The maximum absolute atomic E-state index is 12.9. The monoisotopic (exact) mass is 440 g/mol. The van der Waals surface area contributed by atoms with E-state index in [4.69, 9.17) is 4.74 Å². The minimum Gasteiger partial charge on any atom is -0.486 e. The van der Waals surface area contributed by atoms with Crippen LogP contribution in [0.15, 0.2) is 24.3 Å². The molecule has 0 fully saturated rings. The first-order chi connectivity index (χ1) is 15.1. The van der Waals surface area contributed by atoms with Crippen molar-refractivity contribution in [2.75, 3.05) is 12.4 Å². The van der Waals surface area contributed by atoms with Crippen LogP contribution in [-0.2, 0) is 26.0 Å². The van der Waals surface area contributed by atoms with Crippen LogP contribution < -0.4 is 15.4 Å². The highest BCUT2D eigenvalue weighted by Crippen LogP contribution is 2.38. The molecule has 0 saturated carbocycles. The molecule has 10 heteroatoms. The molecule has 0 radical (unpaired) electrons. The topological polar surface area (TPSA) is 111 Å². The first kappa shape index (κ1) is 21.0. The van der Waals surface area contributed by atoms with E-state index in [1.165, 1.54) is 16.2 Å². The number of benzene rings is 1. The van der Waals surface area contributed by atoms with Crippen molar-refractivity contribution in [1.29, 1.82) is 0 Å². The Bertz CT molecular complexity index is 1110. The highest BCUT2D eigenvalue weighted by molar-refractivity contribution is 7.17. The molecule has 2 N–H and O–H groups in total. The molecule has 2 amide bonds. The Labute approximate surface area is 183 Å². The molecule has 3 aromatic rings. The van der Waals surface area contributed by atoms with Crippen LogP contribution >= 0.6 is 11.3 Å². The van der Waals surface area contributed by atoms with Crippen LogP contribution in [0.3, 0.4) is 0 Å². The highest BCUT2D eigenvalue weighted by Gasteiger charge is 2.26. The first-order valence-electron chi connectivity index (χ1n) is 10.3. The molecule has 162 valence electrons. The third-order valence-electron chi connectivity index (χ3n) is 5.22. The predicted octanol–water partition coefficient (Wildman–Crippen LogP) is 2.82. The van der Waals surface area contributed by atoms with Gasteiger partial charge in [-0.05, 0) is 66.8 Å². The Morgan fingerprint density at radius 1 is 1.23 bits per heavy atom. The van der Waals surface area contributed by atoms with Crippen molar-refractivity contribution in [1.82, 2.24) is 25.5 Å². The molecule has 4 rings (SSSR count). The Hall–Kier alpha value is -3.27.